The summed E-state index contributed by atoms with van der Waals surface area (Å²) in [5.74, 6) is 1.45. The minimum Gasteiger partial charge on any atom is -0.497 e. The molecule has 0 amide bonds. The second-order valence-electron chi connectivity index (χ2n) is 4.45. The first-order valence-electron chi connectivity index (χ1n) is 6.42. The van der Waals surface area contributed by atoms with Crippen molar-refractivity contribution >= 4 is 11.8 Å². The molecule has 0 fully saturated rings. The lowest BCUT2D eigenvalue weighted by Gasteiger charge is -2.22. The molecule has 0 saturated carbocycles. The molecular weight excluding hydrogens is 274 g/mol. The molecule has 0 aliphatic rings. The average Bonchev–Trinajstić information content (AvgIpc) is 2.85. The Morgan fingerprint density at radius 3 is 2.45 bits per heavy atom. The number of hydrogen-bond acceptors (Lipinski definition) is 6. The van der Waals surface area contributed by atoms with Crippen LogP contribution in [0.2, 0.25) is 0 Å². The van der Waals surface area contributed by atoms with Crippen LogP contribution in [-0.2, 0) is 0 Å². The van der Waals surface area contributed by atoms with Gasteiger partial charge in [-0.05, 0) is 24.7 Å². The van der Waals surface area contributed by atoms with E-state index in [1.54, 1.807) is 25.8 Å². The van der Waals surface area contributed by atoms with Crippen molar-refractivity contribution in [3.05, 3.63) is 35.7 Å². The number of methoxy groups -OCH3 is 1. The van der Waals surface area contributed by atoms with Gasteiger partial charge in [0.2, 0.25) is 5.89 Å². The van der Waals surface area contributed by atoms with Gasteiger partial charge in [0.1, 0.15) is 5.75 Å². The van der Waals surface area contributed by atoms with E-state index in [4.69, 9.17) is 9.15 Å². The molecule has 2 atom stereocenters. The summed E-state index contributed by atoms with van der Waals surface area (Å²) in [5.41, 5.74) is 1.20. The van der Waals surface area contributed by atoms with Crippen LogP contribution < -0.4 is 10.1 Å². The number of aryl methyl sites for hydroxylation is 1. The molecule has 108 valence electrons. The standard InChI is InChI=1S/C14H19N3O2S/c1-9(20-14-17-16-10(2)19-14)13(15-3)11-5-7-12(18-4)8-6-11/h5-9,13,15H,1-4H3. The van der Waals surface area contributed by atoms with Crippen LogP contribution in [0.25, 0.3) is 0 Å². The van der Waals surface area contributed by atoms with Crippen molar-refractivity contribution in [1.29, 1.82) is 0 Å². The number of ether oxygens (including phenoxy) is 1. The van der Waals surface area contributed by atoms with Crippen LogP contribution in [0.4, 0.5) is 0 Å². The van der Waals surface area contributed by atoms with Crippen molar-refractivity contribution in [3.8, 4) is 5.75 Å². The van der Waals surface area contributed by atoms with Gasteiger partial charge in [-0.3, -0.25) is 0 Å². The van der Waals surface area contributed by atoms with E-state index in [0.717, 1.165) is 5.75 Å². The zero-order chi connectivity index (χ0) is 14.5. The van der Waals surface area contributed by atoms with Gasteiger partial charge in [0, 0.05) is 18.2 Å². The summed E-state index contributed by atoms with van der Waals surface area (Å²) < 4.78 is 10.6. The summed E-state index contributed by atoms with van der Waals surface area (Å²) in [4.78, 5) is 0. The predicted molar refractivity (Wildman–Crippen MR) is 79.1 cm³/mol. The Kier molecular flexibility index (Phi) is 5.03. The highest BCUT2D eigenvalue weighted by Gasteiger charge is 2.21. The molecule has 0 aliphatic heterocycles. The molecule has 1 heterocycles. The third-order valence-electron chi connectivity index (χ3n) is 3.05. The molecule has 0 saturated heterocycles. The topological polar surface area (TPSA) is 60.2 Å². The first-order valence-corrected chi connectivity index (χ1v) is 7.30. The number of nitrogens with one attached hydrogen (secondary N) is 1. The van der Waals surface area contributed by atoms with Gasteiger partial charge in [-0.15, -0.1) is 10.2 Å². The molecule has 2 unspecified atom stereocenters. The lowest BCUT2D eigenvalue weighted by Crippen LogP contribution is -2.25. The Morgan fingerprint density at radius 1 is 1.25 bits per heavy atom. The molecule has 0 spiro atoms. The summed E-state index contributed by atoms with van der Waals surface area (Å²) in [6, 6.07) is 8.26. The Morgan fingerprint density at radius 2 is 1.95 bits per heavy atom. The SMILES string of the molecule is CNC(c1ccc(OC)cc1)C(C)Sc1nnc(C)o1. The van der Waals surface area contributed by atoms with Crippen LogP contribution in [0.3, 0.4) is 0 Å². The van der Waals surface area contributed by atoms with Gasteiger partial charge in [-0.1, -0.05) is 30.8 Å². The van der Waals surface area contributed by atoms with Gasteiger partial charge in [-0.25, -0.2) is 0 Å². The van der Waals surface area contributed by atoms with Crippen molar-refractivity contribution in [2.45, 2.75) is 30.4 Å². The van der Waals surface area contributed by atoms with Gasteiger partial charge in [0.15, 0.2) is 0 Å². The highest BCUT2D eigenvalue weighted by atomic mass is 32.2. The molecule has 2 rings (SSSR count). The van der Waals surface area contributed by atoms with Gasteiger partial charge in [0.05, 0.1) is 7.11 Å². The number of benzene rings is 1. The molecule has 0 bridgehead atoms. The van der Waals surface area contributed by atoms with Crippen LogP contribution in [0.1, 0.15) is 24.4 Å². The van der Waals surface area contributed by atoms with E-state index in [1.165, 1.54) is 5.56 Å². The molecule has 0 aliphatic carbocycles. The number of nitrogens with zero attached hydrogens (tertiary/aromatic N) is 2. The zero-order valence-corrected chi connectivity index (χ0v) is 12.9. The fourth-order valence-corrected chi connectivity index (χ4v) is 3.04. The summed E-state index contributed by atoms with van der Waals surface area (Å²) in [6.07, 6.45) is 0. The highest BCUT2D eigenvalue weighted by Crippen LogP contribution is 2.31. The average molecular weight is 293 g/mol. The Bertz CT molecular complexity index is 542. The van der Waals surface area contributed by atoms with E-state index in [2.05, 4.69) is 34.6 Å². The number of hydrogen-bond donors (Lipinski definition) is 1. The Hall–Kier alpha value is -1.53. The normalized spacial score (nSPS) is 14.0. The van der Waals surface area contributed by atoms with E-state index >= 15 is 0 Å². The van der Waals surface area contributed by atoms with Crippen LogP contribution in [0.5, 0.6) is 5.75 Å². The highest BCUT2D eigenvalue weighted by molar-refractivity contribution is 7.99. The largest absolute Gasteiger partial charge is 0.497 e. The monoisotopic (exact) mass is 293 g/mol. The fourth-order valence-electron chi connectivity index (χ4n) is 2.04. The second-order valence-corrected chi connectivity index (χ2v) is 5.78. The molecule has 6 heteroatoms. The number of aromatic nitrogens is 2. The van der Waals surface area contributed by atoms with Crippen LogP contribution in [-0.4, -0.2) is 29.6 Å². The fraction of sp³-hybridized carbons (Fsp3) is 0.429. The zero-order valence-electron chi connectivity index (χ0n) is 12.1. The first-order chi connectivity index (χ1) is 9.63. The third kappa shape index (κ3) is 3.52. The third-order valence-corrected chi connectivity index (χ3v) is 4.06. The van der Waals surface area contributed by atoms with Gasteiger partial charge >= 0.3 is 0 Å². The molecular formula is C14H19N3O2S. The minimum atomic E-state index is 0.193. The van der Waals surface area contributed by atoms with E-state index in [0.29, 0.717) is 11.1 Å². The first kappa shape index (κ1) is 14.9. The van der Waals surface area contributed by atoms with E-state index < -0.39 is 0 Å². The van der Waals surface area contributed by atoms with Crippen LogP contribution >= 0.6 is 11.8 Å². The molecule has 0 radical (unpaired) electrons. The molecule has 1 aromatic heterocycles. The molecule has 5 nitrogen and oxygen atoms in total. The van der Waals surface area contributed by atoms with Crippen molar-refractivity contribution in [2.75, 3.05) is 14.2 Å². The van der Waals surface area contributed by atoms with Crippen LogP contribution in [0.15, 0.2) is 33.9 Å². The van der Waals surface area contributed by atoms with Gasteiger partial charge < -0.3 is 14.5 Å². The van der Waals surface area contributed by atoms with Gasteiger partial charge in [0.25, 0.3) is 5.22 Å². The molecule has 2 aromatic rings. The summed E-state index contributed by atoms with van der Waals surface area (Å²) >= 11 is 1.57. The van der Waals surface area contributed by atoms with Crippen molar-refractivity contribution in [2.24, 2.45) is 0 Å². The maximum atomic E-state index is 5.41. The van der Waals surface area contributed by atoms with Crippen molar-refractivity contribution in [1.82, 2.24) is 15.5 Å². The van der Waals surface area contributed by atoms with Crippen LogP contribution in [0, 0.1) is 6.92 Å². The minimum absolute atomic E-state index is 0.193. The second kappa shape index (κ2) is 6.76. The lowest BCUT2D eigenvalue weighted by atomic mass is 10.0. The quantitative estimate of drug-likeness (QED) is 0.826. The van der Waals surface area contributed by atoms with Crippen molar-refractivity contribution in [3.63, 3.8) is 0 Å². The molecule has 20 heavy (non-hydrogen) atoms. The molecule has 1 N–H and O–H groups in total. The maximum absolute atomic E-state index is 5.41. The van der Waals surface area contributed by atoms with Crippen molar-refractivity contribution < 1.29 is 9.15 Å². The van der Waals surface area contributed by atoms with E-state index in [9.17, 15) is 0 Å². The summed E-state index contributed by atoms with van der Waals surface area (Å²) in [5, 5.41) is 12.1. The Balaban J connectivity index is 2.09. The summed E-state index contributed by atoms with van der Waals surface area (Å²) in [6.45, 7) is 3.93. The van der Waals surface area contributed by atoms with E-state index in [-0.39, 0.29) is 11.3 Å². The number of rotatable bonds is 6. The van der Waals surface area contributed by atoms with E-state index in [1.807, 2.05) is 19.2 Å². The molecule has 1 aromatic carbocycles. The van der Waals surface area contributed by atoms with Gasteiger partial charge in [-0.2, -0.15) is 0 Å². The Labute approximate surface area is 123 Å². The predicted octanol–water partition coefficient (Wildman–Crippen LogP) is 2.83. The smallest absolute Gasteiger partial charge is 0.276 e. The maximum Gasteiger partial charge on any atom is 0.276 e. The lowest BCUT2D eigenvalue weighted by molar-refractivity contribution is 0.414. The summed E-state index contributed by atoms with van der Waals surface area (Å²) in [7, 11) is 3.62. The number of thioether (sulfide) groups is 1.